The van der Waals surface area contributed by atoms with Crippen molar-refractivity contribution in [3.63, 3.8) is 0 Å². The number of anilines is 1. The van der Waals surface area contributed by atoms with Crippen LogP contribution < -0.4 is 5.32 Å². The number of hydrogen-bond acceptors (Lipinski definition) is 4. The summed E-state index contributed by atoms with van der Waals surface area (Å²) in [7, 11) is 0. The molecule has 0 atom stereocenters. The highest BCUT2D eigenvalue weighted by molar-refractivity contribution is 6.31. The Bertz CT molecular complexity index is 1410. The van der Waals surface area contributed by atoms with Crippen molar-refractivity contribution >= 4 is 23.2 Å². The fraction of sp³-hybridized carbons (Fsp3) is 0.261. The first-order valence-electron chi connectivity index (χ1n) is 10.6. The van der Waals surface area contributed by atoms with Gasteiger partial charge in [-0.05, 0) is 49.7 Å². The van der Waals surface area contributed by atoms with Crippen LogP contribution >= 0.6 is 11.6 Å². The van der Waals surface area contributed by atoms with E-state index in [0.29, 0.717) is 33.4 Å². The van der Waals surface area contributed by atoms with Crippen molar-refractivity contribution in [2.75, 3.05) is 5.32 Å². The zero-order valence-corrected chi connectivity index (χ0v) is 19.7. The van der Waals surface area contributed by atoms with Gasteiger partial charge in [-0.2, -0.15) is 10.2 Å². The van der Waals surface area contributed by atoms with Crippen LogP contribution in [0.3, 0.4) is 0 Å². The number of carbonyl (C=O) groups excluding carboxylic acids is 1. The molecule has 3 aromatic heterocycles. The minimum Gasteiger partial charge on any atom is -0.454 e. The van der Waals surface area contributed by atoms with E-state index in [4.69, 9.17) is 16.0 Å². The van der Waals surface area contributed by atoms with Crippen LogP contribution in [0.1, 0.15) is 57.5 Å². The fourth-order valence-corrected chi connectivity index (χ4v) is 3.84. The lowest BCUT2D eigenvalue weighted by Crippen LogP contribution is -2.13. The highest BCUT2D eigenvalue weighted by atomic mass is 35.5. The van der Waals surface area contributed by atoms with E-state index in [0.717, 1.165) is 0 Å². The molecule has 1 amide bonds. The van der Waals surface area contributed by atoms with Gasteiger partial charge in [-0.25, -0.2) is 22.0 Å². The molecule has 0 spiro atoms. The van der Waals surface area contributed by atoms with Crippen molar-refractivity contribution in [3.05, 3.63) is 87.1 Å². The molecule has 4 rings (SSSR count). The van der Waals surface area contributed by atoms with Crippen molar-refractivity contribution in [3.8, 4) is 0 Å². The number of hydrogen-bond donors (Lipinski definition) is 1. The zero-order valence-electron chi connectivity index (χ0n) is 18.9. The standard InChI is InChI=1S/C23H19ClF5N5O2/c1-11-20(12(2)33(31-11)9-13-3-4-14(25)7-16(13)24)30-23(35)19-6-5-15(36-19)10-34-18(22(28)29)8-17(32-34)21(26)27/h3-8,21-22H,9-10H2,1-2H3,(H,30,35). The minimum absolute atomic E-state index is 0.0704. The number of benzene rings is 1. The first-order valence-corrected chi connectivity index (χ1v) is 10.9. The van der Waals surface area contributed by atoms with Gasteiger partial charge < -0.3 is 9.73 Å². The maximum Gasteiger partial charge on any atom is 0.291 e. The number of amides is 1. The monoisotopic (exact) mass is 527 g/mol. The Morgan fingerprint density at radius 3 is 2.44 bits per heavy atom. The van der Waals surface area contributed by atoms with Crippen LogP contribution in [0.4, 0.5) is 27.6 Å². The largest absolute Gasteiger partial charge is 0.454 e. The van der Waals surface area contributed by atoms with Gasteiger partial charge in [0.25, 0.3) is 18.8 Å². The van der Waals surface area contributed by atoms with E-state index in [-0.39, 0.29) is 29.6 Å². The summed E-state index contributed by atoms with van der Waals surface area (Å²) in [4.78, 5) is 12.8. The SMILES string of the molecule is Cc1nn(Cc2ccc(F)cc2Cl)c(C)c1NC(=O)c1ccc(Cn2nc(C(F)F)cc2C(F)F)o1. The number of furan rings is 1. The summed E-state index contributed by atoms with van der Waals surface area (Å²) in [6.07, 6.45) is -6.02. The lowest BCUT2D eigenvalue weighted by molar-refractivity contribution is 0.0993. The summed E-state index contributed by atoms with van der Waals surface area (Å²) in [5, 5.41) is 10.8. The van der Waals surface area contributed by atoms with Gasteiger partial charge in [-0.15, -0.1) is 0 Å². The number of aromatic nitrogens is 4. The van der Waals surface area contributed by atoms with E-state index >= 15 is 0 Å². The van der Waals surface area contributed by atoms with E-state index in [1.165, 1.54) is 24.3 Å². The molecule has 1 aromatic carbocycles. The first kappa shape index (κ1) is 25.4. The Balaban J connectivity index is 1.49. The first-order chi connectivity index (χ1) is 17.0. The Kier molecular flexibility index (Phi) is 7.16. The Labute approximate surface area is 206 Å². The predicted octanol–water partition coefficient (Wildman–Crippen LogP) is 6.31. The van der Waals surface area contributed by atoms with Crippen LogP contribution in [-0.2, 0) is 13.1 Å². The van der Waals surface area contributed by atoms with E-state index in [2.05, 4.69) is 15.5 Å². The molecule has 0 aliphatic heterocycles. The van der Waals surface area contributed by atoms with E-state index in [1.807, 2.05) is 0 Å². The Morgan fingerprint density at radius 1 is 1.03 bits per heavy atom. The maximum absolute atomic E-state index is 13.3. The summed E-state index contributed by atoms with van der Waals surface area (Å²) in [5.74, 6) is -1.15. The van der Waals surface area contributed by atoms with Crippen molar-refractivity contribution in [1.29, 1.82) is 0 Å². The molecule has 0 radical (unpaired) electrons. The Morgan fingerprint density at radius 2 is 1.78 bits per heavy atom. The molecular weight excluding hydrogens is 509 g/mol. The number of nitrogens with zero attached hydrogens (tertiary/aromatic N) is 4. The number of carbonyl (C=O) groups is 1. The highest BCUT2D eigenvalue weighted by Crippen LogP contribution is 2.27. The molecule has 3 heterocycles. The van der Waals surface area contributed by atoms with Gasteiger partial charge in [0, 0.05) is 5.02 Å². The van der Waals surface area contributed by atoms with Gasteiger partial charge in [0.15, 0.2) is 5.76 Å². The number of aryl methyl sites for hydroxylation is 1. The molecule has 0 saturated heterocycles. The predicted molar refractivity (Wildman–Crippen MR) is 120 cm³/mol. The van der Waals surface area contributed by atoms with E-state index in [9.17, 15) is 26.7 Å². The zero-order chi connectivity index (χ0) is 26.1. The summed E-state index contributed by atoms with van der Waals surface area (Å²) < 4.78 is 73.2. The van der Waals surface area contributed by atoms with Crippen LogP contribution in [-0.4, -0.2) is 25.5 Å². The van der Waals surface area contributed by atoms with Crippen molar-refractivity contribution < 1.29 is 31.2 Å². The van der Waals surface area contributed by atoms with Crippen LogP contribution in [0.15, 0.2) is 40.8 Å². The molecule has 0 bridgehead atoms. The van der Waals surface area contributed by atoms with Gasteiger partial charge >= 0.3 is 0 Å². The molecule has 190 valence electrons. The average Bonchev–Trinajstić information content (AvgIpc) is 3.51. The molecule has 13 heteroatoms. The molecule has 36 heavy (non-hydrogen) atoms. The second-order valence-corrected chi connectivity index (χ2v) is 8.32. The van der Waals surface area contributed by atoms with Gasteiger partial charge in [-0.1, -0.05) is 17.7 Å². The molecule has 0 saturated carbocycles. The van der Waals surface area contributed by atoms with Gasteiger partial charge in [0.05, 0.1) is 30.2 Å². The van der Waals surface area contributed by atoms with E-state index in [1.54, 1.807) is 24.6 Å². The fourth-order valence-electron chi connectivity index (χ4n) is 3.61. The van der Waals surface area contributed by atoms with Crippen molar-refractivity contribution in [2.45, 2.75) is 39.8 Å². The molecule has 0 fully saturated rings. The second-order valence-electron chi connectivity index (χ2n) is 7.91. The summed E-state index contributed by atoms with van der Waals surface area (Å²) in [6.45, 7) is 3.28. The molecule has 0 unspecified atom stereocenters. The topological polar surface area (TPSA) is 77.9 Å². The molecule has 7 nitrogen and oxygen atoms in total. The third kappa shape index (κ3) is 5.27. The smallest absolute Gasteiger partial charge is 0.291 e. The van der Waals surface area contributed by atoms with Crippen LogP contribution in [0.25, 0.3) is 0 Å². The normalized spacial score (nSPS) is 11.6. The average molecular weight is 528 g/mol. The third-order valence-corrected chi connectivity index (χ3v) is 5.78. The lowest BCUT2D eigenvalue weighted by atomic mass is 10.2. The number of halogens is 6. The van der Waals surface area contributed by atoms with Gasteiger partial charge in [0.1, 0.15) is 23.0 Å². The molecule has 4 aromatic rings. The quantitative estimate of drug-likeness (QED) is 0.273. The number of rotatable bonds is 8. The molecular formula is C23H19ClF5N5O2. The summed E-state index contributed by atoms with van der Waals surface area (Å²) in [6, 6.07) is 7.35. The number of nitrogens with one attached hydrogen (secondary N) is 1. The Hall–Kier alpha value is -3.67. The minimum atomic E-state index is -3.02. The van der Waals surface area contributed by atoms with Crippen LogP contribution in [0.5, 0.6) is 0 Å². The highest BCUT2D eigenvalue weighted by Gasteiger charge is 2.23. The second kappa shape index (κ2) is 10.1. The van der Waals surface area contributed by atoms with E-state index < -0.39 is 36.0 Å². The van der Waals surface area contributed by atoms with Crippen molar-refractivity contribution in [1.82, 2.24) is 19.6 Å². The summed E-state index contributed by atoms with van der Waals surface area (Å²) in [5.41, 5.74) is 0.695. The maximum atomic E-state index is 13.3. The third-order valence-electron chi connectivity index (χ3n) is 5.42. The van der Waals surface area contributed by atoms with Crippen LogP contribution in [0.2, 0.25) is 5.02 Å². The van der Waals surface area contributed by atoms with Crippen molar-refractivity contribution in [2.24, 2.45) is 0 Å². The van der Waals surface area contributed by atoms with Gasteiger partial charge in [0.2, 0.25) is 0 Å². The molecule has 0 aliphatic rings. The van der Waals surface area contributed by atoms with Gasteiger partial charge in [-0.3, -0.25) is 14.2 Å². The van der Waals surface area contributed by atoms with Crippen LogP contribution in [0, 0.1) is 19.7 Å². The molecule has 0 aliphatic carbocycles. The summed E-state index contributed by atoms with van der Waals surface area (Å²) >= 11 is 6.10. The lowest BCUT2D eigenvalue weighted by Gasteiger charge is -2.08. The number of alkyl halides is 4. The molecule has 1 N–H and O–H groups in total.